The Balaban J connectivity index is 1.74. The van der Waals surface area contributed by atoms with Crippen molar-refractivity contribution < 1.29 is 14.3 Å². The van der Waals surface area contributed by atoms with Crippen molar-refractivity contribution in [2.75, 3.05) is 13.1 Å². The SMILES string of the molecule is Cc1ncc(C(=O)N2CC[C@H](Oc3ccc(Cl)cc3)[C@@H](CC(N)=O)C2)c(C)n1. The summed E-state index contributed by atoms with van der Waals surface area (Å²) in [6.45, 7) is 4.47. The third kappa shape index (κ3) is 4.78. The summed E-state index contributed by atoms with van der Waals surface area (Å²) in [4.78, 5) is 34.6. The molecule has 1 fully saturated rings. The van der Waals surface area contributed by atoms with Crippen LogP contribution in [-0.4, -0.2) is 45.9 Å². The van der Waals surface area contributed by atoms with Gasteiger partial charge in [0.2, 0.25) is 5.91 Å². The van der Waals surface area contributed by atoms with E-state index in [-0.39, 0.29) is 24.3 Å². The fourth-order valence-electron chi connectivity index (χ4n) is 3.46. The number of primary amides is 1. The molecule has 148 valence electrons. The highest BCUT2D eigenvalue weighted by molar-refractivity contribution is 6.30. The minimum atomic E-state index is -0.418. The van der Waals surface area contributed by atoms with Gasteiger partial charge in [-0.15, -0.1) is 0 Å². The first kappa shape index (κ1) is 20.1. The number of benzene rings is 1. The number of aromatic nitrogens is 2. The Labute approximate surface area is 168 Å². The van der Waals surface area contributed by atoms with E-state index in [1.807, 2.05) is 0 Å². The molecule has 1 aromatic carbocycles. The zero-order valence-electron chi connectivity index (χ0n) is 15.9. The highest BCUT2D eigenvalue weighted by Crippen LogP contribution is 2.27. The zero-order valence-corrected chi connectivity index (χ0v) is 16.6. The zero-order chi connectivity index (χ0) is 20.3. The average Bonchev–Trinajstić information content (AvgIpc) is 2.64. The molecule has 2 N–H and O–H groups in total. The molecule has 0 saturated carbocycles. The van der Waals surface area contributed by atoms with E-state index < -0.39 is 5.91 Å². The summed E-state index contributed by atoms with van der Waals surface area (Å²) in [5.74, 6) is 0.537. The summed E-state index contributed by atoms with van der Waals surface area (Å²) >= 11 is 5.92. The number of halogens is 1. The minimum Gasteiger partial charge on any atom is -0.490 e. The van der Waals surface area contributed by atoms with Crippen molar-refractivity contribution in [2.24, 2.45) is 11.7 Å². The summed E-state index contributed by atoms with van der Waals surface area (Å²) in [6.07, 6.45) is 2.08. The van der Waals surface area contributed by atoms with Gasteiger partial charge in [0, 0.05) is 43.1 Å². The van der Waals surface area contributed by atoms with Crippen molar-refractivity contribution in [1.82, 2.24) is 14.9 Å². The second-order valence-electron chi connectivity index (χ2n) is 7.00. The predicted molar refractivity (Wildman–Crippen MR) is 105 cm³/mol. The molecule has 0 spiro atoms. The number of ether oxygens (including phenoxy) is 1. The molecule has 2 heterocycles. The van der Waals surface area contributed by atoms with Crippen molar-refractivity contribution in [1.29, 1.82) is 0 Å². The first-order valence-corrected chi connectivity index (χ1v) is 9.51. The number of piperidine rings is 1. The lowest BCUT2D eigenvalue weighted by atomic mass is 9.90. The number of likely N-dealkylation sites (tertiary alicyclic amines) is 1. The van der Waals surface area contributed by atoms with Crippen LogP contribution in [-0.2, 0) is 4.79 Å². The third-order valence-corrected chi connectivity index (χ3v) is 5.10. The molecule has 1 aliphatic heterocycles. The van der Waals surface area contributed by atoms with Crippen molar-refractivity contribution in [3.63, 3.8) is 0 Å². The maximum atomic E-state index is 12.9. The monoisotopic (exact) mass is 402 g/mol. The van der Waals surface area contributed by atoms with Crippen LogP contribution in [0.5, 0.6) is 5.75 Å². The molecule has 8 heteroatoms. The summed E-state index contributed by atoms with van der Waals surface area (Å²) in [7, 11) is 0. The van der Waals surface area contributed by atoms with E-state index in [1.54, 1.807) is 49.2 Å². The van der Waals surface area contributed by atoms with Crippen LogP contribution in [0.1, 0.15) is 34.7 Å². The minimum absolute atomic E-state index is 0.142. The molecule has 3 rings (SSSR count). The average molecular weight is 403 g/mol. The van der Waals surface area contributed by atoms with Gasteiger partial charge in [-0.05, 0) is 38.1 Å². The molecular formula is C20H23ClN4O3. The van der Waals surface area contributed by atoms with Gasteiger partial charge in [0.15, 0.2) is 0 Å². The van der Waals surface area contributed by atoms with Gasteiger partial charge in [0.1, 0.15) is 17.7 Å². The molecule has 2 atom stereocenters. The lowest BCUT2D eigenvalue weighted by Gasteiger charge is -2.38. The smallest absolute Gasteiger partial charge is 0.257 e. The Morgan fingerprint density at radius 1 is 1.29 bits per heavy atom. The number of carbonyl (C=O) groups excluding carboxylic acids is 2. The Kier molecular flexibility index (Phi) is 6.14. The van der Waals surface area contributed by atoms with Gasteiger partial charge in [-0.1, -0.05) is 11.6 Å². The predicted octanol–water partition coefficient (Wildman–Crippen LogP) is 2.53. The number of aryl methyl sites for hydroxylation is 2. The van der Waals surface area contributed by atoms with E-state index in [2.05, 4.69) is 9.97 Å². The second kappa shape index (κ2) is 8.56. The molecule has 0 aliphatic carbocycles. The quantitative estimate of drug-likeness (QED) is 0.828. The molecule has 28 heavy (non-hydrogen) atoms. The van der Waals surface area contributed by atoms with E-state index in [1.165, 1.54) is 0 Å². The van der Waals surface area contributed by atoms with Gasteiger partial charge in [0.05, 0.1) is 11.3 Å². The normalized spacial score (nSPS) is 19.3. The summed E-state index contributed by atoms with van der Waals surface area (Å²) in [5, 5.41) is 0.622. The van der Waals surface area contributed by atoms with E-state index >= 15 is 0 Å². The number of amides is 2. The van der Waals surface area contributed by atoms with Crippen molar-refractivity contribution in [2.45, 2.75) is 32.8 Å². The maximum Gasteiger partial charge on any atom is 0.257 e. The van der Waals surface area contributed by atoms with Crippen LogP contribution >= 0.6 is 11.6 Å². The van der Waals surface area contributed by atoms with Crippen LogP contribution in [0.4, 0.5) is 0 Å². The van der Waals surface area contributed by atoms with Gasteiger partial charge in [-0.2, -0.15) is 0 Å². The van der Waals surface area contributed by atoms with Crippen LogP contribution in [0, 0.1) is 19.8 Å². The van der Waals surface area contributed by atoms with Crippen molar-refractivity contribution >= 4 is 23.4 Å². The van der Waals surface area contributed by atoms with Crippen LogP contribution < -0.4 is 10.5 Å². The number of nitrogens with zero attached hydrogens (tertiary/aromatic N) is 3. The van der Waals surface area contributed by atoms with Gasteiger partial charge < -0.3 is 15.4 Å². The molecule has 0 unspecified atom stereocenters. The standard InChI is InChI=1S/C20H23ClN4O3/c1-12-17(10-23-13(2)24-12)20(27)25-8-7-18(14(11-25)9-19(22)26)28-16-5-3-15(21)4-6-16/h3-6,10,14,18H,7-9,11H2,1-2H3,(H2,22,26)/t14-,18-/m0/s1. The van der Waals surface area contributed by atoms with Crippen LogP contribution in [0.25, 0.3) is 0 Å². The summed E-state index contributed by atoms with van der Waals surface area (Å²) in [5.41, 5.74) is 6.55. The lowest BCUT2D eigenvalue weighted by molar-refractivity contribution is -0.120. The van der Waals surface area contributed by atoms with E-state index in [4.69, 9.17) is 22.1 Å². The van der Waals surface area contributed by atoms with Crippen LogP contribution in [0.3, 0.4) is 0 Å². The molecule has 1 aromatic heterocycles. The summed E-state index contributed by atoms with van der Waals surface area (Å²) in [6, 6.07) is 7.07. The van der Waals surface area contributed by atoms with E-state index in [0.29, 0.717) is 47.4 Å². The topological polar surface area (TPSA) is 98.4 Å². The lowest BCUT2D eigenvalue weighted by Crippen LogP contribution is -2.49. The number of nitrogens with two attached hydrogens (primary N) is 1. The molecule has 2 aromatic rings. The Morgan fingerprint density at radius 2 is 2.00 bits per heavy atom. The van der Waals surface area contributed by atoms with E-state index in [0.717, 1.165) is 0 Å². The molecule has 1 saturated heterocycles. The molecule has 1 aliphatic rings. The van der Waals surface area contributed by atoms with Crippen LogP contribution in [0.2, 0.25) is 5.02 Å². The Morgan fingerprint density at radius 3 is 2.64 bits per heavy atom. The number of hydrogen-bond acceptors (Lipinski definition) is 5. The Bertz CT molecular complexity index is 872. The fourth-order valence-corrected chi connectivity index (χ4v) is 3.58. The Hall–Kier alpha value is -2.67. The molecular weight excluding hydrogens is 380 g/mol. The highest BCUT2D eigenvalue weighted by atomic mass is 35.5. The first-order valence-electron chi connectivity index (χ1n) is 9.13. The van der Waals surface area contributed by atoms with Gasteiger partial charge in [-0.25, -0.2) is 9.97 Å². The number of carbonyl (C=O) groups is 2. The third-order valence-electron chi connectivity index (χ3n) is 4.85. The van der Waals surface area contributed by atoms with Gasteiger partial charge in [-0.3, -0.25) is 9.59 Å². The molecule has 0 bridgehead atoms. The fraction of sp³-hybridized carbons (Fsp3) is 0.400. The molecule has 2 amide bonds. The highest BCUT2D eigenvalue weighted by Gasteiger charge is 2.34. The number of hydrogen-bond donors (Lipinski definition) is 1. The van der Waals surface area contributed by atoms with Gasteiger partial charge in [0.25, 0.3) is 5.91 Å². The van der Waals surface area contributed by atoms with Crippen molar-refractivity contribution in [3.05, 3.63) is 52.6 Å². The first-order chi connectivity index (χ1) is 13.3. The summed E-state index contributed by atoms with van der Waals surface area (Å²) < 4.78 is 6.07. The number of rotatable bonds is 5. The largest absolute Gasteiger partial charge is 0.490 e. The van der Waals surface area contributed by atoms with Gasteiger partial charge >= 0.3 is 0 Å². The molecule has 0 radical (unpaired) electrons. The van der Waals surface area contributed by atoms with Crippen molar-refractivity contribution in [3.8, 4) is 5.75 Å². The molecule has 7 nitrogen and oxygen atoms in total. The van der Waals surface area contributed by atoms with E-state index in [9.17, 15) is 9.59 Å². The maximum absolute atomic E-state index is 12.9. The van der Waals surface area contributed by atoms with Crippen LogP contribution in [0.15, 0.2) is 30.5 Å². The second-order valence-corrected chi connectivity index (χ2v) is 7.43.